The Labute approximate surface area is 120 Å². The maximum absolute atomic E-state index is 12.1. The lowest BCUT2D eigenvalue weighted by Crippen LogP contribution is -2.22. The summed E-state index contributed by atoms with van der Waals surface area (Å²) in [5.41, 5.74) is 1.49. The quantitative estimate of drug-likeness (QED) is 0.750. The van der Waals surface area contributed by atoms with E-state index in [0.29, 0.717) is 5.56 Å². The number of benzene rings is 1. The van der Waals surface area contributed by atoms with Crippen LogP contribution in [0.4, 0.5) is 0 Å². The second kappa shape index (κ2) is 7.68. The molecule has 0 aliphatic carbocycles. The normalized spacial score (nSPS) is 12.1. The third-order valence-corrected chi connectivity index (χ3v) is 2.75. The molecule has 0 amide bonds. The summed E-state index contributed by atoms with van der Waals surface area (Å²) in [5, 5.41) is 0. The van der Waals surface area contributed by atoms with Gasteiger partial charge in [-0.05, 0) is 38.8 Å². The SMILES string of the molecule is CCc1ccccc1C(=O)OC(C)CC(=O)OC(C)C. The summed E-state index contributed by atoms with van der Waals surface area (Å²) in [7, 11) is 0. The Balaban J connectivity index is 2.59. The van der Waals surface area contributed by atoms with Gasteiger partial charge in [0.2, 0.25) is 0 Å². The first-order valence-corrected chi connectivity index (χ1v) is 6.92. The predicted octanol–water partition coefficient (Wildman–Crippen LogP) is 3.14. The summed E-state index contributed by atoms with van der Waals surface area (Å²) < 4.78 is 10.3. The molecule has 1 rings (SSSR count). The molecule has 110 valence electrons. The van der Waals surface area contributed by atoms with E-state index in [2.05, 4.69) is 0 Å². The van der Waals surface area contributed by atoms with Crippen LogP contribution in [0, 0.1) is 0 Å². The zero-order valence-corrected chi connectivity index (χ0v) is 12.5. The van der Waals surface area contributed by atoms with Crippen LogP contribution < -0.4 is 0 Å². The molecule has 0 aliphatic heterocycles. The summed E-state index contributed by atoms with van der Waals surface area (Å²) in [5.74, 6) is -0.753. The van der Waals surface area contributed by atoms with Gasteiger partial charge in [0.1, 0.15) is 6.10 Å². The van der Waals surface area contributed by atoms with Crippen LogP contribution >= 0.6 is 0 Å². The minimum absolute atomic E-state index is 0.0677. The van der Waals surface area contributed by atoms with Gasteiger partial charge >= 0.3 is 11.9 Å². The highest BCUT2D eigenvalue weighted by Crippen LogP contribution is 2.13. The monoisotopic (exact) mass is 278 g/mol. The topological polar surface area (TPSA) is 52.6 Å². The van der Waals surface area contributed by atoms with Gasteiger partial charge in [0, 0.05) is 0 Å². The molecule has 20 heavy (non-hydrogen) atoms. The molecular weight excluding hydrogens is 256 g/mol. The van der Waals surface area contributed by atoms with E-state index in [1.54, 1.807) is 32.9 Å². The molecule has 1 unspecified atom stereocenters. The molecular formula is C16H22O4. The lowest BCUT2D eigenvalue weighted by molar-refractivity contribution is -0.149. The molecule has 0 radical (unpaired) electrons. The van der Waals surface area contributed by atoms with Crippen molar-refractivity contribution >= 4 is 11.9 Å². The van der Waals surface area contributed by atoms with Crippen molar-refractivity contribution in [1.82, 2.24) is 0 Å². The number of carbonyl (C=O) groups excluding carboxylic acids is 2. The second-order valence-corrected chi connectivity index (χ2v) is 4.97. The lowest BCUT2D eigenvalue weighted by Gasteiger charge is -2.15. The highest BCUT2D eigenvalue weighted by molar-refractivity contribution is 5.91. The van der Waals surface area contributed by atoms with Gasteiger partial charge in [-0.1, -0.05) is 25.1 Å². The molecule has 1 aromatic carbocycles. The molecule has 0 spiro atoms. The molecule has 0 aliphatic rings. The van der Waals surface area contributed by atoms with Gasteiger partial charge in [0.25, 0.3) is 0 Å². The highest BCUT2D eigenvalue weighted by Gasteiger charge is 2.18. The van der Waals surface area contributed by atoms with Crippen LogP contribution in [-0.2, 0) is 20.7 Å². The van der Waals surface area contributed by atoms with Crippen LogP contribution in [0.5, 0.6) is 0 Å². The van der Waals surface area contributed by atoms with Crippen LogP contribution in [-0.4, -0.2) is 24.1 Å². The summed E-state index contributed by atoms with van der Waals surface area (Å²) in [6.07, 6.45) is 0.164. The van der Waals surface area contributed by atoms with Crippen molar-refractivity contribution in [3.63, 3.8) is 0 Å². The Morgan fingerprint density at radius 2 is 1.75 bits per heavy atom. The van der Waals surface area contributed by atoms with Gasteiger partial charge < -0.3 is 9.47 Å². The number of aryl methyl sites for hydroxylation is 1. The zero-order chi connectivity index (χ0) is 15.1. The van der Waals surface area contributed by atoms with Crippen molar-refractivity contribution < 1.29 is 19.1 Å². The number of rotatable bonds is 6. The van der Waals surface area contributed by atoms with Crippen molar-refractivity contribution in [3.05, 3.63) is 35.4 Å². The zero-order valence-electron chi connectivity index (χ0n) is 12.5. The molecule has 1 atom stereocenters. The molecule has 4 nitrogen and oxygen atoms in total. The average Bonchev–Trinajstić information content (AvgIpc) is 2.37. The van der Waals surface area contributed by atoms with Gasteiger partial charge in [0.15, 0.2) is 0 Å². The van der Waals surface area contributed by atoms with Gasteiger partial charge in [-0.2, -0.15) is 0 Å². The van der Waals surface area contributed by atoms with Crippen molar-refractivity contribution in [2.75, 3.05) is 0 Å². The van der Waals surface area contributed by atoms with Crippen molar-refractivity contribution in [2.45, 2.75) is 52.7 Å². The fourth-order valence-corrected chi connectivity index (χ4v) is 1.86. The minimum atomic E-state index is -0.501. The first-order chi connectivity index (χ1) is 9.43. The summed E-state index contributed by atoms with van der Waals surface area (Å²) in [6.45, 7) is 7.24. The van der Waals surface area contributed by atoms with Gasteiger partial charge in [0.05, 0.1) is 18.1 Å². The van der Waals surface area contributed by atoms with E-state index in [1.807, 2.05) is 19.1 Å². The molecule has 0 fully saturated rings. The largest absolute Gasteiger partial charge is 0.463 e. The fraction of sp³-hybridized carbons (Fsp3) is 0.500. The molecule has 1 aromatic rings. The van der Waals surface area contributed by atoms with Gasteiger partial charge in [-0.3, -0.25) is 4.79 Å². The number of hydrogen-bond acceptors (Lipinski definition) is 4. The van der Waals surface area contributed by atoms with Crippen molar-refractivity contribution in [3.8, 4) is 0 Å². The third kappa shape index (κ3) is 5.03. The maximum atomic E-state index is 12.1. The Morgan fingerprint density at radius 3 is 2.35 bits per heavy atom. The third-order valence-electron chi connectivity index (χ3n) is 2.75. The van der Waals surface area contributed by atoms with E-state index in [-0.39, 0.29) is 18.5 Å². The van der Waals surface area contributed by atoms with Crippen LogP contribution in [0.15, 0.2) is 24.3 Å². The molecule has 0 bridgehead atoms. The fourth-order valence-electron chi connectivity index (χ4n) is 1.86. The first kappa shape index (κ1) is 16.2. The highest BCUT2D eigenvalue weighted by atomic mass is 16.6. The average molecular weight is 278 g/mol. The van der Waals surface area contributed by atoms with Crippen molar-refractivity contribution in [1.29, 1.82) is 0 Å². The lowest BCUT2D eigenvalue weighted by atomic mass is 10.1. The number of esters is 2. The summed E-state index contributed by atoms with van der Waals surface area (Å²) in [4.78, 5) is 23.6. The van der Waals surface area contributed by atoms with E-state index < -0.39 is 12.1 Å². The number of ether oxygens (including phenoxy) is 2. The Bertz CT molecular complexity index is 465. The molecule has 0 heterocycles. The minimum Gasteiger partial charge on any atom is -0.463 e. The van der Waals surface area contributed by atoms with Crippen LogP contribution in [0.3, 0.4) is 0 Å². The number of hydrogen-bond donors (Lipinski definition) is 0. The van der Waals surface area contributed by atoms with E-state index in [4.69, 9.17) is 9.47 Å². The van der Waals surface area contributed by atoms with Gasteiger partial charge in [-0.15, -0.1) is 0 Å². The molecule has 4 heteroatoms. The second-order valence-electron chi connectivity index (χ2n) is 4.97. The smallest absolute Gasteiger partial charge is 0.338 e. The van der Waals surface area contributed by atoms with Crippen LogP contribution in [0.25, 0.3) is 0 Å². The summed E-state index contributed by atoms with van der Waals surface area (Å²) >= 11 is 0. The van der Waals surface area contributed by atoms with E-state index in [1.165, 1.54) is 0 Å². The van der Waals surface area contributed by atoms with Gasteiger partial charge in [-0.25, -0.2) is 4.79 Å². The Morgan fingerprint density at radius 1 is 1.10 bits per heavy atom. The van der Waals surface area contributed by atoms with Crippen molar-refractivity contribution in [2.24, 2.45) is 0 Å². The van der Waals surface area contributed by atoms with Crippen LogP contribution in [0.2, 0.25) is 0 Å². The standard InChI is InChI=1S/C16H22O4/c1-5-13-8-6-7-9-14(13)16(18)20-12(4)10-15(17)19-11(2)3/h6-9,11-12H,5,10H2,1-4H3. The van der Waals surface area contributed by atoms with E-state index in [9.17, 15) is 9.59 Å². The van der Waals surface area contributed by atoms with E-state index >= 15 is 0 Å². The van der Waals surface area contributed by atoms with Crippen LogP contribution in [0.1, 0.15) is 50.0 Å². The number of carbonyl (C=O) groups is 2. The Kier molecular flexibility index (Phi) is 6.22. The molecule has 0 N–H and O–H groups in total. The molecule has 0 aromatic heterocycles. The molecule has 0 saturated carbocycles. The predicted molar refractivity (Wildman–Crippen MR) is 76.5 cm³/mol. The maximum Gasteiger partial charge on any atom is 0.338 e. The Hall–Kier alpha value is -1.84. The molecule has 0 saturated heterocycles. The van der Waals surface area contributed by atoms with E-state index in [0.717, 1.165) is 12.0 Å². The first-order valence-electron chi connectivity index (χ1n) is 6.92. The summed E-state index contributed by atoms with van der Waals surface area (Å²) in [6, 6.07) is 7.32.